The molecule has 0 atom stereocenters. The zero-order chi connectivity index (χ0) is 20.5. The van der Waals surface area contributed by atoms with E-state index >= 15 is 0 Å². The molecule has 1 heterocycles. The number of nitrogens with zero attached hydrogens (tertiary/aromatic N) is 2. The fraction of sp³-hybridized carbons (Fsp3) is 0.545. The third-order valence-electron chi connectivity index (χ3n) is 5.11. The molecule has 0 aliphatic heterocycles. The van der Waals surface area contributed by atoms with E-state index in [0.29, 0.717) is 6.54 Å². The second kappa shape index (κ2) is 11.0. The van der Waals surface area contributed by atoms with E-state index in [1.165, 1.54) is 17.8 Å². The van der Waals surface area contributed by atoms with Crippen molar-refractivity contribution >= 4 is 17.3 Å². The lowest BCUT2D eigenvalue weighted by Crippen LogP contribution is -2.38. The summed E-state index contributed by atoms with van der Waals surface area (Å²) in [5.41, 5.74) is 2.21. The molecule has 1 fully saturated rings. The van der Waals surface area contributed by atoms with E-state index < -0.39 is 0 Å². The van der Waals surface area contributed by atoms with Gasteiger partial charge in [-0.2, -0.15) is 0 Å². The summed E-state index contributed by atoms with van der Waals surface area (Å²) in [5, 5.41) is 10.1. The summed E-state index contributed by atoms with van der Waals surface area (Å²) < 4.78 is 11.9. The minimum absolute atomic E-state index is 0.286. The van der Waals surface area contributed by atoms with Crippen molar-refractivity contribution in [3.05, 3.63) is 39.8 Å². The monoisotopic (exact) mass is 416 g/mol. The fourth-order valence-corrected chi connectivity index (χ4v) is 4.28. The number of hydrogen-bond acceptors (Lipinski definition) is 5. The van der Waals surface area contributed by atoms with E-state index in [4.69, 9.17) is 9.47 Å². The first-order chi connectivity index (χ1) is 14.2. The van der Waals surface area contributed by atoms with Gasteiger partial charge in [0.2, 0.25) is 0 Å². The zero-order valence-corrected chi connectivity index (χ0v) is 18.5. The number of rotatable bonds is 9. The van der Waals surface area contributed by atoms with Gasteiger partial charge in [-0.3, -0.25) is 4.99 Å². The van der Waals surface area contributed by atoms with E-state index in [-0.39, 0.29) is 6.10 Å². The average Bonchev–Trinajstić information content (AvgIpc) is 3.43. The molecule has 1 aliphatic carbocycles. The minimum atomic E-state index is 0.286. The number of hydrogen-bond donors (Lipinski definition) is 2. The second-order valence-electron chi connectivity index (χ2n) is 7.16. The van der Waals surface area contributed by atoms with Crippen molar-refractivity contribution < 1.29 is 9.47 Å². The number of thiazole rings is 1. The van der Waals surface area contributed by atoms with Crippen LogP contribution in [0.15, 0.2) is 28.6 Å². The summed E-state index contributed by atoms with van der Waals surface area (Å²) in [6.45, 7) is 3.54. The molecule has 0 saturated heterocycles. The summed E-state index contributed by atoms with van der Waals surface area (Å²) in [4.78, 5) is 8.95. The average molecular weight is 417 g/mol. The smallest absolute Gasteiger partial charge is 0.191 e. The highest BCUT2D eigenvalue weighted by molar-refractivity contribution is 7.09. The van der Waals surface area contributed by atoms with Crippen LogP contribution in [-0.4, -0.2) is 37.7 Å². The molecule has 1 saturated carbocycles. The summed E-state index contributed by atoms with van der Waals surface area (Å²) in [6, 6.07) is 6.04. The highest BCUT2D eigenvalue weighted by Crippen LogP contribution is 2.34. The van der Waals surface area contributed by atoms with Crippen LogP contribution in [0.5, 0.6) is 11.5 Å². The largest absolute Gasteiger partial charge is 0.493 e. The summed E-state index contributed by atoms with van der Waals surface area (Å²) >= 11 is 1.73. The minimum Gasteiger partial charge on any atom is -0.493 e. The van der Waals surface area contributed by atoms with E-state index in [1.54, 1.807) is 25.5 Å². The molecule has 7 heteroatoms. The van der Waals surface area contributed by atoms with Crippen molar-refractivity contribution in [3.8, 4) is 11.5 Å². The van der Waals surface area contributed by atoms with Gasteiger partial charge in [0.1, 0.15) is 0 Å². The van der Waals surface area contributed by atoms with Crippen LogP contribution in [0.2, 0.25) is 0 Å². The number of aryl methyl sites for hydroxylation is 1. The Balaban J connectivity index is 1.55. The number of para-hydroxylation sites is 1. The van der Waals surface area contributed by atoms with Gasteiger partial charge in [-0.25, -0.2) is 4.98 Å². The molecular formula is C22H32N4O2S. The van der Waals surface area contributed by atoms with E-state index in [2.05, 4.69) is 39.0 Å². The van der Waals surface area contributed by atoms with Crippen LogP contribution in [0.1, 0.15) is 48.9 Å². The summed E-state index contributed by atoms with van der Waals surface area (Å²) in [5.74, 6) is 2.40. The van der Waals surface area contributed by atoms with Crippen LogP contribution in [0.3, 0.4) is 0 Å². The van der Waals surface area contributed by atoms with Gasteiger partial charge < -0.3 is 20.1 Å². The fourth-order valence-electron chi connectivity index (χ4n) is 3.50. The van der Waals surface area contributed by atoms with Crippen molar-refractivity contribution in [1.29, 1.82) is 0 Å². The van der Waals surface area contributed by atoms with E-state index in [9.17, 15) is 0 Å². The molecule has 1 aliphatic rings. The van der Waals surface area contributed by atoms with E-state index in [0.717, 1.165) is 60.9 Å². The second-order valence-corrected chi connectivity index (χ2v) is 8.10. The van der Waals surface area contributed by atoms with Gasteiger partial charge in [0.15, 0.2) is 17.5 Å². The Morgan fingerprint density at radius 3 is 2.79 bits per heavy atom. The van der Waals surface area contributed by atoms with Gasteiger partial charge in [-0.05, 0) is 38.2 Å². The molecule has 1 aromatic carbocycles. The maximum absolute atomic E-state index is 6.31. The third kappa shape index (κ3) is 6.10. The highest BCUT2D eigenvalue weighted by atomic mass is 32.1. The Hall–Kier alpha value is -2.28. The van der Waals surface area contributed by atoms with Crippen LogP contribution in [0, 0.1) is 0 Å². The first-order valence-corrected chi connectivity index (χ1v) is 11.3. The van der Waals surface area contributed by atoms with Gasteiger partial charge in [-0.15, -0.1) is 11.3 Å². The van der Waals surface area contributed by atoms with Crippen LogP contribution < -0.4 is 20.1 Å². The molecule has 29 heavy (non-hydrogen) atoms. The summed E-state index contributed by atoms with van der Waals surface area (Å²) in [7, 11) is 3.48. The quantitative estimate of drug-likeness (QED) is 0.479. The number of ether oxygens (including phenoxy) is 2. The van der Waals surface area contributed by atoms with Crippen LogP contribution in [0.4, 0.5) is 0 Å². The third-order valence-corrected chi connectivity index (χ3v) is 6.15. The molecule has 0 radical (unpaired) electrons. The topological polar surface area (TPSA) is 67.8 Å². The van der Waals surface area contributed by atoms with Crippen LogP contribution in [0.25, 0.3) is 0 Å². The standard InChI is InChI=1S/C22H32N4O2S/c1-4-20-26-17(15-29-20)12-13-24-22(23-2)25-14-16-8-7-11-19(27-3)21(16)28-18-9-5-6-10-18/h7-8,11,15,18H,4-6,9-10,12-14H2,1-3H3,(H2,23,24,25). The maximum Gasteiger partial charge on any atom is 0.191 e. The lowest BCUT2D eigenvalue weighted by molar-refractivity contribution is 0.198. The number of guanidine groups is 1. The highest BCUT2D eigenvalue weighted by Gasteiger charge is 2.20. The van der Waals surface area contributed by atoms with Gasteiger partial charge in [0.05, 0.1) is 23.9 Å². The van der Waals surface area contributed by atoms with Gasteiger partial charge in [0.25, 0.3) is 0 Å². The lowest BCUT2D eigenvalue weighted by atomic mass is 10.1. The molecular weight excluding hydrogens is 384 g/mol. The van der Waals surface area contributed by atoms with Crippen LogP contribution >= 0.6 is 11.3 Å². The lowest BCUT2D eigenvalue weighted by Gasteiger charge is -2.20. The molecule has 6 nitrogen and oxygen atoms in total. The van der Waals surface area contributed by atoms with Gasteiger partial charge in [0, 0.05) is 37.5 Å². The Morgan fingerprint density at radius 1 is 1.28 bits per heavy atom. The Labute approximate surface area is 177 Å². The van der Waals surface area contributed by atoms with Gasteiger partial charge in [-0.1, -0.05) is 19.1 Å². The predicted molar refractivity (Wildman–Crippen MR) is 119 cm³/mol. The molecule has 0 unspecified atom stereocenters. The van der Waals surface area contributed by atoms with Gasteiger partial charge >= 0.3 is 0 Å². The molecule has 1 aromatic heterocycles. The van der Waals surface area contributed by atoms with Crippen molar-refractivity contribution in [3.63, 3.8) is 0 Å². The summed E-state index contributed by atoms with van der Waals surface area (Å²) in [6.07, 6.45) is 6.87. The number of methoxy groups -OCH3 is 1. The Kier molecular flexibility index (Phi) is 8.16. The zero-order valence-electron chi connectivity index (χ0n) is 17.7. The number of aliphatic imine (C=N–C) groups is 1. The predicted octanol–water partition coefficient (Wildman–Crippen LogP) is 3.94. The first-order valence-electron chi connectivity index (χ1n) is 10.4. The van der Waals surface area contributed by atoms with Crippen molar-refractivity contribution in [2.45, 2.75) is 58.1 Å². The molecule has 158 valence electrons. The molecule has 2 N–H and O–H groups in total. The molecule has 0 bridgehead atoms. The molecule has 3 rings (SSSR count). The SMILES string of the molecule is CCc1nc(CCNC(=NC)NCc2cccc(OC)c2OC2CCCC2)cs1. The number of nitrogens with one attached hydrogen (secondary N) is 2. The first kappa shape index (κ1) is 21.4. The molecule has 2 aromatic rings. The number of aromatic nitrogens is 1. The number of benzene rings is 1. The Bertz CT molecular complexity index is 800. The van der Waals surface area contributed by atoms with Crippen molar-refractivity contribution in [1.82, 2.24) is 15.6 Å². The maximum atomic E-state index is 6.31. The van der Waals surface area contributed by atoms with E-state index in [1.807, 2.05) is 12.1 Å². The molecule has 0 spiro atoms. The van der Waals surface area contributed by atoms with Crippen LogP contribution in [-0.2, 0) is 19.4 Å². The Morgan fingerprint density at radius 2 is 2.10 bits per heavy atom. The van der Waals surface area contributed by atoms with Crippen molar-refractivity contribution in [2.75, 3.05) is 20.7 Å². The molecule has 0 amide bonds. The van der Waals surface area contributed by atoms with Crippen molar-refractivity contribution in [2.24, 2.45) is 4.99 Å². The normalized spacial score (nSPS) is 14.8.